The largest absolute Gasteiger partial charge is 0.467 e. The number of hydrogen-bond acceptors (Lipinski definition) is 4. The third-order valence-corrected chi connectivity index (χ3v) is 3.77. The Bertz CT molecular complexity index is 821. The molecule has 0 spiro atoms. The summed E-state index contributed by atoms with van der Waals surface area (Å²) in [4.78, 5) is 23.9. The van der Waals surface area contributed by atoms with Crippen molar-refractivity contribution in [3.8, 4) is 5.69 Å². The van der Waals surface area contributed by atoms with Crippen LogP contribution < -0.4 is 5.32 Å². The number of nitrogens with zero attached hydrogens (tertiary/aromatic N) is 2. The van der Waals surface area contributed by atoms with Crippen molar-refractivity contribution in [2.75, 3.05) is 7.11 Å². The van der Waals surface area contributed by atoms with Crippen molar-refractivity contribution < 1.29 is 27.5 Å². The molecule has 1 atom stereocenters. The Hall–Kier alpha value is -2.55. The molecular weight excluding hydrogens is 375 g/mol. The number of benzene rings is 1. The fraction of sp³-hybridized carbons (Fsp3) is 0.312. The van der Waals surface area contributed by atoms with Crippen molar-refractivity contribution in [2.45, 2.75) is 25.6 Å². The second-order valence-corrected chi connectivity index (χ2v) is 5.84. The van der Waals surface area contributed by atoms with E-state index in [1.807, 2.05) is 5.32 Å². The highest BCUT2D eigenvalue weighted by Gasteiger charge is 2.37. The lowest BCUT2D eigenvalue weighted by Crippen LogP contribution is -2.44. The van der Waals surface area contributed by atoms with Gasteiger partial charge in [0.1, 0.15) is 6.04 Å². The molecule has 0 bridgehead atoms. The molecule has 1 aromatic carbocycles. The van der Waals surface area contributed by atoms with E-state index in [1.54, 1.807) is 31.2 Å². The van der Waals surface area contributed by atoms with Gasteiger partial charge in [-0.25, -0.2) is 9.48 Å². The summed E-state index contributed by atoms with van der Waals surface area (Å²) in [6.45, 7) is 1.57. The summed E-state index contributed by atoms with van der Waals surface area (Å²) in [6.07, 6.45) is -4.98. The molecule has 0 fully saturated rings. The van der Waals surface area contributed by atoms with Gasteiger partial charge in [0.2, 0.25) is 0 Å². The molecule has 0 aliphatic heterocycles. The van der Waals surface area contributed by atoms with Gasteiger partial charge in [0, 0.05) is 5.02 Å². The van der Waals surface area contributed by atoms with Crippen molar-refractivity contribution in [3.63, 3.8) is 0 Å². The number of hydrogen-bond donors (Lipinski definition) is 1. The third kappa shape index (κ3) is 4.75. The maximum absolute atomic E-state index is 12.6. The highest BCUT2D eigenvalue weighted by Crippen LogP contribution is 2.23. The van der Waals surface area contributed by atoms with Gasteiger partial charge >= 0.3 is 12.1 Å². The highest BCUT2D eigenvalue weighted by atomic mass is 35.5. The minimum absolute atomic E-state index is 0.0288. The molecule has 0 radical (unpaired) electrons. The molecule has 0 saturated heterocycles. The van der Waals surface area contributed by atoms with Gasteiger partial charge in [-0.3, -0.25) is 4.79 Å². The molecule has 10 heteroatoms. The summed E-state index contributed by atoms with van der Waals surface area (Å²) in [5.41, 5.74) is 0.982. The topological polar surface area (TPSA) is 73.2 Å². The van der Waals surface area contributed by atoms with E-state index in [1.165, 1.54) is 10.9 Å². The van der Waals surface area contributed by atoms with Crippen LogP contribution in [0.1, 0.15) is 22.5 Å². The summed E-state index contributed by atoms with van der Waals surface area (Å²) in [7, 11) is 0.945. The van der Waals surface area contributed by atoms with Crippen LogP contribution in [0, 0.1) is 6.92 Å². The van der Waals surface area contributed by atoms with E-state index in [9.17, 15) is 22.8 Å². The standard InChI is InChI=1S/C16H15ClF3N3O3/c1-9-12(8-21-23(9)11-5-3-4-10(17)6-11)14(24)22-13(15(25)26-2)7-16(18,19)20/h3-6,8,13H,7H2,1-2H3,(H,22,24)/t13-/m0/s1. The summed E-state index contributed by atoms with van der Waals surface area (Å²) in [5.74, 6) is -2.05. The highest BCUT2D eigenvalue weighted by molar-refractivity contribution is 6.30. The lowest BCUT2D eigenvalue weighted by molar-refractivity contribution is -0.160. The van der Waals surface area contributed by atoms with Gasteiger partial charge in [-0.2, -0.15) is 18.3 Å². The molecule has 2 aromatic rings. The van der Waals surface area contributed by atoms with Crippen molar-refractivity contribution in [1.29, 1.82) is 0 Å². The summed E-state index contributed by atoms with van der Waals surface area (Å²) < 4.78 is 43.6. The number of carbonyl (C=O) groups is 2. The quantitative estimate of drug-likeness (QED) is 0.798. The molecule has 26 heavy (non-hydrogen) atoms. The molecule has 1 N–H and O–H groups in total. The molecule has 6 nitrogen and oxygen atoms in total. The zero-order valence-electron chi connectivity index (χ0n) is 13.8. The van der Waals surface area contributed by atoms with Crippen LogP contribution in [-0.4, -0.2) is 41.0 Å². The molecular formula is C16H15ClF3N3O3. The number of alkyl halides is 3. The Balaban J connectivity index is 2.25. The van der Waals surface area contributed by atoms with Crippen LogP contribution in [-0.2, 0) is 9.53 Å². The first kappa shape index (κ1) is 19.8. The summed E-state index contributed by atoms with van der Waals surface area (Å²) in [6, 6.07) is 4.82. The van der Waals surface area contributed by atoms with Crippen LogP contribution in [0.2, 0.25) is 5.02 Å². The van der Waals surface area contributed by atoms with Crippen LogP contribution in [0.15, 0.2) is 30.5 Å². The van der Waals surface area contributed by atoms with Crippen LogP contribution in [0.25, 0.3) is 5.69 Å². The maximum atomic E-state index is 12.6. The Morgan fingerprint density at radius 1 is 1.38 bits per heavy atom. The van der Waals surface area contributed by atoms with Gasteiger partial charge in [-0.15, -0.1) is 0 Å². The maximum Gasteiger partial charge on any atom is 0.391 e. The van der Waals surface area contributed by atoms with Crippen molar-refractivity contribution in [2.24, 2.45) is 0 Å². The number of amides is 1. The van der Waals surface area contributed by atoms with E-state index in [4.69, 9.17) is 11.6 Å². The van der Waals surface area contributed by atoms with Gasteiger partial charge in [0.05, 0.1) is 36.7 Å². The number of nitrogens with one attached hydrogen (secondary N) is 1. The normalized spacial score (nSPS) is 12.5. The summed E-state index contributed by atoms with van der Waals surface area (Å²) in [5, 5.41) is 6.56. The molecule has 1 aromatic heterocycles. The van der Waals surface area contributed by atoms with Crippen LogP contribution in [0.4, 0.5) is 13.2 Å². The third-order valence-electron chi connectivity index (χ3n) is 3.53. The molecule has 0 aliphatic carbocycles. The van der Waals surface area contributed by atoms with Crippen LogP contribution in [0.3, 0.4) is 0 Å². The molecule has 2 rings (SSSR count). The number of ether oxygens (including phenoxy) is 1. The van der Waals surface area contributed by atoms with E-state index in [0.717, 1.165) is 7.11 Å². The number of carbonyl (C=O) groups excluding carboxylic acids is 2. The molecule has 0 unspecified atom stereocenters. The zero-order valence-corrected chi connectivity index (χ0v) is 14.6. The van der Waals surface area contributed by atoms with Crippen molar-refractivity contribution in [3.05, 3.63) is 46.7 Å². The molecule has 0 aliphatic rings. The van der Waals surface area contributed by atoms with Crippen molar-refractivity contribution >= 4 is 23.5 Å². The molecule has 1 heterocycles. The lowest BCUT2D eigenvalue weighted by atomic mass is 10.1. The number of rotatable bonds is 5. The SMILES string of the molecule is COC(=O)[C@H](CC(F)(F)F)NC(=O)c1cnn(-c2cccc(Cl)c2)c1C. The van der Waals surface area contributed by atoms with Gasteiger partial charge in [0.15, 0.2) is 0 Å². The van der Waals surface area contributed by atoms with Gasteiger partial charge in [-0.05, 0) is 25.1 Å². The minimum atomic E-state index is -4.65. The molecule has 140 valence electrons. The van der Waals surface area contributed by atoms with Crippen molar-refractivity contribution in [1.82, 2.24) is 15.1 Å². The Morgan fingerprint density at radius 2 is 2.08 bits per heavy atom. The van der Waals surface area contributed by atoms with E-state index in [-0.39, 0.29) is 5.56 Å². The van der Waals surface area contributed by atoms with E-state index < -0.39 is 30.5 Å². The number of methoxy groups -OCH3 is 1. The predicted octanol–water partition coefficient (Wildman–Crippen LogP) is 3.06. The first-order valence-electron chi connectivity index (χ1n) is 7.38. The fourth-order valence-corrected chi connectivity index (χ4v) is 2.49. The smallest absolute Gasteiger partial charge is 0.391 e. The lowest BCUT2D eigenvalue weighted by Gasteiger charge is -2.18. The average molecular weight is 390 g/mol. The Kier molecular flexibility index (Phi) is 5.91. The van der Waals surface area contributed by atoms with Gasteiger partial charge < -0.3 is 10.1 Å². The zero-order chi connectivity index (χ0) is 19.5. The number of halogens is 4. The first-order chi connectivity index (χ1) is 12.1. The number of aromatic nitrogens is 2. The molecule has 1 amide bonds. The van der Waals surface area contributed by atoms with Gasteiger partial charge in [-0.1, -0.05) is 17.7 Å². The van der Waals surface area contributed by atoms with E-state index in [2.05, 4.69) is 9.84 Å². The molecule has 0 saturated carbocycles. The fourth-order valence-electron chi connectivity index (χ4n) is 2.30. The minimum Gasteiger partial charge on any atom is -0.467 e. The predicted molar refractivity (Wildman–Crippen MR) is 87.3 cm³/mol. The second kappa shape index (κ2) is 7.77. The van der Waals surface area contributed by atoms with Crippen LogP contribution in [0.5, 0.6) is 0 Å². The first-order valence-corrected chi connectivity index (χ1v) is 7.76. The Morgan fingerprint density at radius 3 is 2.65 bits per heavy atom. The Labute approximate surface area is 151 Å². The summed E-state index contributed by atoms with van der Waals surface area (Å²) >= 11 is 5.92. The van der Waals surface area contributed by atoms with E-state index >= 15 is 0 Å². The van der Waals surface area contributed by atoms with E-state index in [0.29, 0.717) is 16.4 Å². The average Bonchev–Trinajstić information content (AvgIpc) is 2.93. The second-order valence-electron chi connectivity index (χ2n) is 5.40. The number of esters is 1. The van der Waals surface area contributed by atoms with Gasteiger partial charge in [0.25, 0.3) is 5.91 Å². The van der Waals surface area contributed by atoms with Crippen LogP contribution >= 0.6 is 11.6 Å². The monoisotopic (exact) mass is 389 g/mol.